The lowest BCUT2D eigenvalue weighted by molar-refractivity contribution is -0.124. The van der Waals surface area contributed by atoms with Crippen molar-refractivity contribution in [2.45, 2.75) is 45.2 Å². The largest absolute Gasteiger partial charge is 0.352 e. The quantitative estimate of drug-likeness (QED) is 0.887. The highest BCUT2D eigenvalue weighted by Crippen LogP contribution is 2.24. The van der Waals surface area contributed by atoms with E-state index in [-0.39, 0.29) is 17.7 Å². The van der Waals surface area contributed by atoms with Crippen molar-refractivity contribution in [3.8, 4) is 0 Å². The third-order valence-electron chi connectivity index (χ3n) is 5.05. The van der Waals surface area contributed by atoms with Crippen LogP contribution in [0.5, 0.6) is 0 Å². The van der Waals surface area contributed by atoms with Crippen LogP contribution in [0, 0.1) is 5.92 Å². The molecule has 0 radical (unpaired) electrons. The highest BCUT2D eigenvalue weighted by Gasteiger charge is 2.23. The zero-order valence-electron chi connectivity index (χ0n) is 14.4. The Morgan fingerprint density at radius 3 is 2.58 bits per heavy atom. The zero-order valence-corrected chi connectivity index (χ0v) is 14.4. The van der Waals surface area contributed by atoms with E-state index >= 15 is 0 Å². The van der Waals surface area contributed by atoms with Crippen LogP contribution in [0.1, 0.15) is 48.5 Å². The molecule has 2 fully saturated rings. The van der Waals surface area contributed by atoms with Crippen LogP contribution < -0.4 is 10.6 Å². The first-order chi connectivity index (χ1) is 11.6. The molecular weight excluding hydrogens is 302 g/mol. The van der Waals surface area contributed by atoms with Crippen LogP contribution in [0.2, 0.25) is 0 Å². The van der Waals surface area contributed by atoms with E-state index in [2.05, 4.69) is 17.6 Å². The standard InChI is InChI=1S/C19H27N3O2/c1-14-13-22(11-10-20-14)19(24)17-8-6-15(7-9-17)12-21-18(23)16-4-2-3-5-16/h6-9,14,16,20H,2-5,10-13H2,1H3,(H,21,23). The first kappa shape index (κ1) is 17.0. The van der Waals surface area contributed by atoms with Gasteiger partial charge >= 0.3 is 0 Å². The van der Waals surface area contributed by atoms with Crippen molar-refractivity contribution in [2.75, 3.05) is 19.6 Å². The van der Waals surface area contributed by atoms with Gasteiger partial charge in [0, 0.05) is 43.7 Å². The summed E-state index contributed by atoms with van der Waals surface area (Å²) in [4.78, 5) is 26.5. The summed E-state index contributed by atoms with van der Waals surface area (Å²) in [5.74, 6) is 0.452. The van der Waals surface area contributed by atoms with Gasteiger partial charge in [0.15, 0.2) is 0 Å². The topological polar surface area (TPSA) is 61.4 Å². The van der Waals surface area contributed by atoms with E-state index in [1.165, 1.54) is 12.8 Å². The van der Waals surface area contributed by atoms with Crippen LogP contribution in [-0.2, 0) is 11.3 Å². The number of carbonyl (C=O) groups is 2. The molecule has 130 valence electrons. The Morgan fingerprint density at radius 1 is 1.21 bits per heavy atom. The minimum absolute atomic E-state index is 0.0879. The third kappa shape index (κ3) is 4.15. The molecule has 2 N–H and O–H groups in total. The molecule has 1 aliphatic carbocycles. The molecule has 2 amide bonds. The summed E-state index contributed by atoms with van der Waals surface area (Å²) in [6, 6.07) is 7.95. The van der Waals surface area contributed by atoms with Gasteiger partial charge in [-0.3, -0.25) is 9.59 Å². The van der Waals surface area contributed by atoms with E-state index < -0.39 is 0 Å². The molecule has 1 aromatic rings. The first-order valence-corrected chi connectivity index (χ1v) is 9.03. The molecule has 24 heavy (non-hydrogen) atoms. The van der Waals surface area contributed by atoms with E-state index in [9.17, 15) is 9.59 Å². The summed E-state index contributed by atoms with van der Waals surface area (Å²) in [6.45, 7) is 4.97. The van der Waals surface area contributed by atoms with Crippen molar-refractivity contribution in [1.29, 1.82) is 0 Å². The predicted octanol–water partition coefficient (Wildman–Crippen LogP) is 1.93. The van der Waals surface area contributed by atoms with E-state index in [1.54, 1.807) is 0 Å². The molecule has 1 saturated carbocycles. The van der Waals surface area contributed by atoms with Gasteiger partial charge in [0.05, 0.1) is 0 Å². The van der Waals surface area contributed by atoms with Crippen LogP contribution in [0.25, 0.3) is 0 Å². The van der Waals surface area contributed by atoms with Gasteiger partial charge in [0.2, 0.25) is 5.91 Å². The second-order valence-corrected chi connectivity index (χ2v) is 7.00. The van der Waals surface area contributed by atoms with Gasteiger partial charge in [-0.15, -0.1) is 0 Å². The normalized spacial score (nSPS) is 21.7. The molecule has 0 aromatic heterocycles. The SMILES string of the molecule is CC1CN(C(=O)c2ccc(CNC(=O)C3CCCC3)cc2)CCN1. The molecule has 5 nitrogen and oxygen atoms in total. The Kier molecular flexibility index (Phi) is 5.51. The molecule has 3 rings (SSSR count). The van der Waals surface area contributed by atoms with Gasteiger partial charge in [0.25, 0.3) is 5.91 Å². The summed E-state index contributed by atoms with van der Waals surface area (Å²) in [6.07, 6.45) is 4.36. The van der Waals surface area contributed by atoms with Gasteiger partial charge in [0.1, 0.15) is 0 Å². The van der Waals surface area contributed by atoms with Crippen molar-refractivity contribution < 1.29 is 9.59 Å². The summed E-state index contributed by atoms with van der Waals surface area (Å²) < 4.78 is 0. The van der Waals surface area contributed by atoms with Gasteiger partial charge < -0.3 is 15.5 Å². The maximum absolute atomic E-state index is 12.5. The molecule has 1 aromatic carbocycles. The van der Waals surface area contributed by atoms with E-state index in [1.807, 2.05) is 29.2 Å². The lowest BCUT2D eigenvalue weighted by Crippen LogP contribution is -2.51. The smallest absolute Gasteiger partial charge is 0.253 e. The highest BCUT2D eigenvalue weighted by atomic mass is 16.2. The molecule has 0 spiro atoms. The van der Waals surface area contributed by atoms with Crippen LogP contribution >= 0.6 is 0 Å². The minimum Gasteiger partial charge on any atom is -0.352 e. The van der Waals surface area contributed by atoms with Crippen molar-refractivity contribution in [2.24, 2.45) is 5.92 Å². The monoisotopic (exact) mass is 329 g/mol. The Labute approximate surface area is 143 Å². The summed E-state index contributed by atoms with van der Waals surface area (Å²) in [5.41, 5.74) is 1.75. The number of nitrogens with zero attached hydrogens (tertiary/aromatic N) is 1. The molecule has 5 heteroatoms. The predicted molar refractivity (Wildman–Crippen MR) is 93.6 cm³/mol. The maximum atomic E-state index is 12.5. The van der Waals surface area contributed by atoms with Crippen molar-refractivity contribution in [3.05, 3.63) is 35.4 Å². The second-order valence-electron chi connectivity index (χ2n) is 7.00. The second kappa shape index (κ2) is 7.79. The summed E-state index contributed by atoms with van der Waals surface area (Å²) in [5, 5.41) is 6.36. The van der Waals surface area contributed by atoms with Crippen LogP contribution in [0.4, 0.5) is 0 Å². The maximum Gasteiger partial charge on any atom is 0.253 e. The molecule has 0 bridgehead atoms. The van der Waals surface area contributed by atoms with Gasteiger partial charge in [-0.25, -0.2) is 0 Å². The van der Waals surface area contributed by atoms with Gasteiger partial charge in [-0.05, 0) is 37.5 Å². The van der Waals surface area contributed by atoms with Crippen molar-refractivity contribution >= 4 is 11.8 Å². The Bertz CT molecular complexity index is 579. The summed E-state index contributed by atoms with van der Waals surface area (Å²) >= 11 is 0. The van der Waals surface area contributed by atoms with E-state index in [4.69, 9.17) is 0 Å². The highest BCUT2D eigenvalue weighted by molar-refractivity contribution is 5.94. The number of carbonyl (C=O) groups excluding carboxylic acids is 2. The number of amides is 2. The molecule has 1 unspecified atom stereocenters. The van der Waals surface area contributed by atoms with Gasteiger partial charge in [-0.1, -0.05) is 25.0 Å². The average Bonchev–Trinajstić information content (AvgIpc) is 3.14. The fourth-order valence-electron chi connectivity index (χ4n) is 3.59. The van der Waals surface area contributed by atoms with E-state index in [0.717, 1.165) is 43.6 Å². The van der Waals surface area contributed by atoms with Crippen LogP contribution in [-0.4, -0.2) is 42.4 Å². The third-order valence-corrected chi connectivity index (χ3v) is 5.05. The molecule has 1 aliphatic heterocycles. The molecule has 2 aliphatic rings. The molecule has 1 saturated heterocycles. The van der Waals surface area contributed by atoms with Crippen molar-refractivity contribution in [3.63, 3.8) is 0 Å². The average molecular weight is 329 g/mol. The number of nitrogens with one attached hydrogen (secondary N) is 2. The Balaban J connectivity index is 1.53. The number of piperazine rings is 1. The molecule has 1 heterocycles. The Morgan fingerprint density at radius 2 is 1.92 bits per heavy atom. The Hall–Kier alpha value is -1.88. The number of hydrogen-bond acceptors (Lipinski definition) is 3. The molecular formula is C19H27N3O2. The first-order valence-electron chi connectivity index (χ1n) is 9.03. The minimum atomic E-state index is 0.0879. The molecule has 1 atom stereocenters. The number of benzene rings is 1. The van der Waals surface area contributed by atoms with Crippen molar-refractivity contribution in [1.82, 2.24) is 15.5 Å². The van der Waals surface area contributed by atoms with E-state index in [0.29, 0.717) is 12.6 Å². The fraction of sp³-hybridized carbons (Fsp3) is 0.579. The lowest BCUT2D eigenvalue weighted by Gasteiger charge is -2.32. The lowest BCUT2D eigenvalue weighted by atomic mass is 10.1. The summed E-state index contributed by atoms with van der Waals surface area (Å²) in [7, 11) is 0. The zero-order chi connectivity index (χ0) is 16.9. The number of hydrogen-bond donors (Lipinski definition) is 2. The van der Waals surface area contributed by atoms with Crippen LogP contribution in [0.3, 0.4) is 0 Å². The van der Waals surface area contributed by atoms with Gasteiger partial charge in [-0.2, -0.15) is 0 Å². The van der Waals surface area contributed by atoms with Crippen LogP contribution in [0.15, 0.2) is 24.3 Å². The fourth-order valence-corrected chi connectivity index (χ4v) is 3.59. The number of rotatable bonds is 4.